The fourth-order valence-electron chi connectivity index (χ4n) is 1.61. The van der Waals surface area contributed by atoms with Crippen molar-refractivity contribution < 1.29 is 0 Å². The fraction of sp³-hybridized carbons (Fsp3) is 0.357. The number of nitrogen functional groups attached to an aromatic ring is 1. The third kappa shape index (κ3) is 2.55. The Bertz CT molecular complexity index is 523. The summed E-state index contributed by atoms with van der Waals surface area (Å²) in [5, 5.41) is 1.74. The van der Waals surface area contributed by atoms with Crippen molar-refractivity contribution >= 4 is 28.4 Å². The van der Waals surface area contributed by atoms with Crippen LogP contribution in [0.1, 0.15) is 20.8 Å². The van der Waals surface area contributed by atoms with Crippen LogP contribution in [0.5, 0.6) is 0 Å². The molecule has 1 aromatic carbocycles. The molecule has 17 heavy (non-hydrogen) atoms. The number of hydrogen-bond donors (Lipinski definition) is 1. The number of thioether (sulfide) groups is 1. The quantitative estimate of drug-likeness (QED) is 0.658. The minimum Gasteiger partial charge on any atom is -0.397 e. The maximum Gasteiger partial charge on any atom is 0.0942 e. The Balaban J connectivity index is 2.44. The van der Waals surface area contributed by atoms with Gasteiger partial charge in [0.05, 0.1) is 11.2 Å². The van der Waals surface area contributed by atoms with Gasteiger partial charge in [0.25, 0.3) is 0 Å². The van der Waals surface area contributed by atoms with Gasteiger partial charge in [-0.15, -0.1) is 11.8 Å². The zero-order valence-corrected chi connectivity index (χ0v) is 11.3. The van der Waals surface area contributed by atoms with Crippen LogP contribution in [0.3, 0.4) is 0 Å². The fourth-order valence-corrected chi connectivity index (χ4v) is 2.72. The van der Waals surface area contributed by atoms with Crippen LogP contribution < -0.4 is 5.73 Å². The number of fused-ring (bicyclic) bond motifs is 1. The molecule has 0 spiro atoms. The molecule has 0 bridgehead atoms. The third-order valence-electron chi connectivity index (χ3n) is 3.01. The van der Waals surface area contributed by atoms with Crippen molar-refractivity contribution in [3.8, 4) is 0 Å². The second-order valence-corrected chi connectivity index (χ2v) is 6.04. The molecule has 1 atom stereocenters. The van der Waals surface area contributed by atoms with Gasteiger partial charge in [0, 0.05) is 21.7 Å². The number of hydrogen-bond acceptors (Lipinski definition) is 3. The zero-order valence-electron chi connectivity index (χ0n) is 10.5. The van der Waals surface area contributed by atoms with E-state index < -0.39 is 0 Å². The molecular weight excluding hydrogens is 228 g/mol. The molecule has 0 aliphatic rings. The van der Waals surface area contributed by atoms with Gasteiger partial charge < -0.3 is 5.73 Å². The summed E-state index contributed by atoms with van der Waals surface area (Å²) in [5.41, 5.74) is 7.61. The van der Waals surface area contributed by atoms with E-state index in [1.54, 1.807) is 0 Å². The molecule has 0 fully saturated rings. The van der Waals surface area contributed by atoms with Crippen molar-refractivity contribution in [1.82, 2.24) is 4.98 Å². The molecule has 0 saturated carbocycles. The molecule has 0 aliphatic carbocycles. The summed E-state index contributed by atoms with van der Waals surface area (Å²) in [6.45, 7) is 6.75. The van der Waals surface area contributed by atoms with Crippen LogP contribution in [0.4, 0.5) is 5.69 Å². The minimum atomic E-state index is 0.585. The number of pyridine rings is 1. The first-order valence-corrected chi connectivity index (χ1v) is 6.77. The molecule has 0 aliphatic heterocycles. The lowest BCUT2D eigenvalue weighted by Crippen LogP contribution is -2.05. The summed E-state index contributed by atoms with van der Waals surface area (Å²) in [6.07, 6.45) is 1.84. The van der Waals surface area contributed by atoms with E-state index in [-0.39, 0.29) is 0 Å². The van der Waals surface area contributed by atoms with Crippen LogP contribution in [0.25, 0.3) is 10.9 Å². The van der Waals surface area contributed by atoms with Crippen LogP contribution in [0.2, 0.25) is 0 Å². The number of anilines is 1. The third-order valence-corrected chi connectivity index (χ3v) is 4.54. The number of benzene rings is 1. The van der Waals surface area contributed by atoms with Crippen LogP contribution in [0, 0.1) is 5.92 Å². The molecule has 1 heterocycles. The zero-order chi connectivity index (χ0) is 12.4. The van der Waals surface area contributed by atoms with Gasteiger partial charge in [-0.3, -0.25) is 4.98 Å². The largest absolute Gasteiger partial charge is 0.397 e. The SMILES string of the molecule is CC(C)C(C)Sc1ccnc2c(N)cccc12. The summed E-state index contributed by atoms with van der Waals surface area (Å²) < 4.78 is 0. The molecule has 90 valence electrons. The molecular formula is C14H18N2S. The average Bonchev–Trinajstić information content (AvgIpc) is 2.30. The van der Waals surface area contributed by atoms with E-state index in [9.17, 15) is 0 Å². The molecule has 2 aromatic rings. The molecule has 0 saturated heterocycles. The maximum absolute atomic E-state index is 5.94. The van der Waals surface area contributed by atoms with E-state index in [0.717, 1.165) is 16.6 Å². The Morgan fingerprint density at radius 3 is 2.65 bits per heavy atom. The highest BCUT2D eigenvalue weighted by Gasteiger charge is 2.11. The van der Waals surface area contributed by atoms with E-state index in [4.69, 9.17) is 5.73 Å². The summed E-state index contributed by atoms with van der Waals surface area (Å²) >= 11 is 1.89. The lowest BCUT2D eigenvalue weighted by Gasteiger charge is -2.16. The van der Waals surface area contributed by atoms with Gasteiger partial charge in [-0.2, -0.15) is 0 Å². The van der Waals surface area contributed by atoms with E-state index in [1.165, 1.54) is 4.90 Å². The highest BCUT2D eigenvalue weighted by Crippen LogP contribution is 2.33. The molecule has 1 aromatic heterocycles. The van der Waals surface area contributed by atoms with Crippen LogP contribution >= 0.6 is 11.8 Å². The molecule has 2 rings (SSSR count). The summed E-state index contributed by atoms with van der Waals surface area (Å²) in [7, 11) is 0. The smallest absolute Gasteiger partial charge is 0.0942 e. The summed E-state index contributed by atoms with van der Waals surface area (Å²) in [5.74, 6) is 0.657. The first kappa shape index (κ1) is 12.2. The molecule has 0 amide bonds. The predicted molar refractivity (Wildman–Crippen MR) is 76.3 cm³/mol. The second kappa shape index (κ2) is 4.96. The van der Waals surface area contributed by atoms with Crippen molar-refractivity contribution in [3.63, 3.8) is 0 Å². The van der Waals surface area contributed by atoms with Gasteiger partial charge in [-0.1, -0.05) is 32.9 Å². The van der Waals surface area contributed by atoms with Gasteiger partial charge in [0.1, 0.15) is 0 Å². The van der Waals surface area contributed by atoms with Crippen molar-refractivity contribution in [1.29, 1.82) is 0 Å². The summed E-state index contributed by atoms with van der Waals surface area (Å²) in [4.78, 5) is 5.62. The second-order valence-electron chi connectivity index (χ2n) is 4.62. The van der Waals surface area contributed by atoms with Gasteiger partial charge in [-0.25, -0.2) is 0 Å². The molecule has 1 unspecified atom stereocenters. The number of para-hydroxylation sites is 1. The number of nitrogens with zero attached hydrogens (tertiary/aromatic N) is 1. The predicted octanol–water partition coefficient (Wildman–Crippen LogP) is 3.95. The monoisotopic (exact) mass is 246 g/mol. The molecule has 2 nitrogen and oxygen atoms in total. The van der Waals surface area contributed by atoms with Crippen LogP contribution in [-0.4, -0.2) is 10.2 Å². The van der Waals surface area contributed by atoms with Gasteiger partial charge in [0.2, 0.25) is 0 Å². The highest BCUT2D eigenvalue weighted by atomic mass is 32.2. The summed E-state index contributed by atoms with van der Waals surface area (Å²) in [6, 6.07) is 8.05. The Morgan fingerprint density at radius 2 is 1.94 bits per heavy atom. The molecule has 0 radical (unpaired) electrons. The molecule has 3 heteroatoms. The highest BCUT2D eigenvalue weighted by molar-refractivity contribution is 8.00. The number of rotatable bonds is 3. The Kier molecular flexibility index (Phi) is 3.57. The van der Waals surface area contributed by atoms with E-state index in [0.29, 0.717) is 11.2 Å². The van der Waals surface area contributed by atoms with E-state index >= 15 is 0 Å². The van der Waals surface area contributed by atoms with Gasteiger partial charge in [-0.05, 0) is 18.1 Å². The Labute approximate surface area is 107 Å². The standard InChI is InChI=1S/C14H18N2S/c1-9(2)10(3)17-13-7-8-16-14-11(13)5-4-6-12(14)15/h4-10H,15H2,1-3H3. The Hall–Kier alpha value is -1.22. The lowest BCUT2D eigenvalue weighted by atomic mass is 10.2. The maximum atomic E-state index is 5.94. The topological polar surface area (TPSA) is 38.9 Å². The first-order chi connectivity index (χ1) is 8.09. The van der Waals surface area contributed by atoms with E-state index in [1.807, 2.05) is 30.1 Å². The minimum absolute atomic E-state index is 0.585. The van der Waals surface area contributed by atoms with Gasteiger partial charge >= 0.3 is 0 Å². The van der Waals surface area contributed by atoms with Crippen molar-refractivity contribution in [3.05, 3.63) is 30.5 Å². The van der Waals surface area contributed by atoms with E-state index in [2.05, 4.69) is 37.9 Å². The van der Waals surface area contributed by atoms with Crippen molar-refractivity contribution in [2.24, 2.45) is 5.92 Å². The van der Waals surface area contributed by atoms with Crippen molar-refractivity contribution in [2.45, 2.75) is 30.9 Å². The Morgan fingerprint density at radius 1 is 1.18 bits per heavy atom. The van der Waals surface area contributed by atoms with Crippen LogP contribution in [0.15, 0.2) is 35.4 Å². The van der Waals surface area contributed by atoms with Crippen molar-refractivity contribution in [2.75, 3.05) is 5.73 Å². The first-order valence-electron chi connectivity index (χ1n) is 5.89. The number of aromatic nitrogens is 1. The lowest BCUT2D eigenvalue weighted by molar-refractivity contribution is 0.642. The van der Waals surface area contributed by atoms with Crippen LogP contribution in [-0.2, 0) is 0 Å². The number of nitrogens with two attached hydrogens (primary N) is 1. The molecule has 2 N–H and O–H groups in total. The normalized spacial score (nSPS) is 13.2. The van der Waals surface area contributed by atoms with Gasteiger partial charge in [0.15, 0.2) is 0 Å². The average molecular weight is 246 g/mol.